The van der Waals surface area contributed by atoms with Crippen molar-refractivity contribution >= 4 is 33.9 Å². The summed E-state index contributed by atoms with van der Waals surface area (Å²) in [5.74, 6) is 0.918. The molecule has 5 heteroatoms. The number of benzene rings is 5. The number of amidine groups is 2. The first-order valence-electron chi connectivity index (χ1n) is 13.4. The highest BCUT2D eigenvalue weighted by Crippen LogP contribution is 2.23. The SMILES string of the molecule is Cc1cccc(C(/N=C(\N)c2ccccc2)=N/Cc2cc3ccccc3cc2C(=N)/C=C\C(=N)c2ccccc2)c1. The van der Waals surface area contributed by atoms with E-state index in [4.69, 9.17) is 26.5 Å². The van der Waals surface area contributed by atoms with E-state index in [1.807, 2.05) is 116 Å². The van der Waals surface area contributed by atoms with Crippen molar-refractivity contribution in [1.82, 2.24) is 0 Å². The monoisotopic (exact) mass is 533 g/mol. The molecule has 5 aromatic carbocycles. The molecular weight excluding hydrogens is 502 g/mol. The number of nitrogens with two attached hydrogens (primary N) is 1. The third kappa shape index (κ3) is 6.78. The molecular formula is C36H31N5. The van der Waals surface area contributed by atoms with Crippen LogP contribution in [0, 0.1) is 17.7 Å². The Labute approximate surface area is 240 Å². The summed E-state index contributed by atoms with van der Waals surface area (Å²) < 4.78 is 0. The van der Waals surface area contributed by atoms with Gasteiger partial charge in [-0.3, -0.25) is 4.99 Å². The van der Waals surface area contributed by atoms with Gasteiger partial charge < -0.3 is 16.6 Å². The highest BCUT2D eigenvalue weighted by molar-refractivity contribution is 6.15. The lowest BCUT2D eigenvalue weighted by Gasteiger charge is -2.11. The molecule has 0 radical (unpaired) electrons. The van der Waals surface area contributed by atoms with Gasteiger partial charge in [0.05, 0.1) is 18.0 Å². The number of hydrogen-bond acceptors (Lipinski definition) is 3. The first kappa shape index (κ1) is 27.2. The Morgan fingerprint density at radius 1 is 0.659 bits per heavy atom. The Bertz CT molecular complexity index is 1800. The van der Waals surface area contributed by atoms with Crippen LogP contribution in [0.5, 0.6) is 0 Å². The van der Waals surface area contributed by atoms with E-state index in [-0.39, 0.29) is 0 Å². The number of nitrogens with zero attached hydrogens (tertiary/aromatic N) is 2. The van der Waals surface area contributed by atoms with Crippen LogP contribution in [0.1, 0.15) is 33.4 Å². The number of allylic oxidation sites excluding steroid dienone is 2. The van der Waals surface area contributed by atoms with Crippen LogP contribution in [-0.4, -0.2) is 23.1 Å². The molecule has 0 saturated heterocycles. The van der Waals surface area contributed by atoms with Gasteiger partial charge in [0.2, 0.25) is 0 Å². The molecule has 5 rings (SSSR count). The van der Waals surface area contributed by atoms with Crippen LogP contribution in [0.15, 0.2) is 143 Å². The van der Waals surface area contributed by atoms with Crippen LogP contribution >= 0.6 is 0 Å². The maximum absolute atomic E-state index is 8.93. The average Bonchev–Trinajstić information content (AvgIpc) is 3.02. The lowest BCUT2D eigenvalue weighted by Crippen LogP contribution is -2.16. The van der Waals surface area contributed by atoms with Gasteiger partial charge in [-0.15, -0.1) is 0 Å². The van der Waals surface area contributed by atoms with Crippen LogP contribution < -0.4 is 5.73 Å². The zero-order valence-corrected chi connectivity index (χ0v) is 22.9. The molecule has 0 saturated carbocycles. The molecule has 0 aliphatic rings. The summed E-state index contributed by atoms with van der Waals surface area (Å²) in [5, 5.41) is 19.5. The van der Waals surface area contributed by atoms with Crippen LogP contribution in [0.4, 0.5) is 0 Å². The molecule has 0 amide bonds. The van der Waals surface area contributed by atoms with Gasteiger partial charge >= 0.3 is 0 Å². The van der Waals surface area contributed by atoms with Crippen molar-refractivity contribution in [1.29, 1.82) is 10.8 Å². The second kappa shape index (κ2) is 12.6. The zero-order chi connectivity index (χ0) is 28.6. The molecule has 41 heavy (non-hydrogen) atoms. The van der Waals surface area contributed by atoms with E-state index in [1.165, 1.54) is 0 Å². The largest absolute Gasteiger partial charge is 0.383 e. The van der Waals surface area contributed by atoms with Gasteiger partial charge in [0.1, 0.15) is 5.84 Å². The second-order valence-corrected chi connectivity index (χ2v) is 9.76. The van der Waals surface area contributed by atoms with Crippen LogP contribution in [0.2, 0.25) is 0 Å². The average molecular weight is 534 g/mol. The van der Waals surface area contributed by atoms with Crippen molar-refractivity contribution in [3.63, 3.8) is 0 Å². The summed E-state index contributed by atoms with van der Waals surface area (Å²) in [7, 11) is 0. The molecule has 0 aromatic heterocycles. The minimum absolute atomic E-state index is 0.307. The minimum atomic E-state index is 0.307. The van der Waals surface area contributed by atoms with Crippen LogP contribution in [-0.2, 0) is 6.54 Å². The number of hydrogen-bond donors (Lipinski definition) is 3. The summed E-state index contributed by atoms with van der Waals surface area (Å²) in [6.07, 6.45) is 3.35. The molecule has 5 aromatic rings. The van der Waals surface area contributed by atoms with Crippen molar-refractivity contribution in [2.45, 2.75) is 13.5 Å². The van der Waals surface area contributed by atoms with Crippen LogP contribution in [0.25, 0.3) is 10.8 Å². The van der Waals surface area contributed by atoms with Gasteiger partial charge in [0.25, 0.3) is 0 Å². The number of fused-ring (bicyclic) bond motifs is 1. The molecule has 0 atom stereocenters. The van der Waals surface area contributed by atoms with Gasteiger partial charge in [-0.2, -0.15) is 0 Å². The van der Waals surface area contributed by atoms with E-state index in [2.05, 4.69) is 12.1 Å². The standard InChI is InChI=1S/C36H31N5/c1-25-11-10-18-30(21-25)36(41-35(39)27-14-6-3-7-15-27)40-24-31-22-28-16-8-9-17-29(28)23-32(31)34(38)20-19-33(37)26-12-4-2-5-13-26/h2-23,37-38H,24H2,1H3,(H2,39,40,41)/b20-19-,37-33?,38-34?. The Hall–Kier alpha value is -5.42. The van der Waals surface area contributed by atoms with Crippen molar-refractivity contribution in [2.24, 2.45) is 15.7 Å². The topological polar surface area (TPSA) is 98.4 Å². The third-order valence-electron chi connectivity index (χ3n) is 6.73. The number of aliphatic imine (C=N–C) groups is 2. The summed E-state index contributed by atoms with van der Waals surface area (Å²) in [6.45, 7) is 2.34. The summed E-state index contributed by atoms with van der Waals surface area (Å²) >= 11 is 0. The van der Waals surface area contributed by atoms with Crippen molar-refractivity contribution < 1.29 is 0 Å². The van der Waals surface area contributed by atoms with Gasteiger partial charge in [0, 0.05) is 16.7 Å². The molecule has 5 nitrogen and oxygen atoms in total. The number of rotatable bonds is 8. The normalized spacial score (nSPS) is 12.1. The fourth-order valence-corrected chi connectivity index (χ4v) is 4.56. The lowest BCUT2D eigenvalue weighted by atomic mass is 9.97. The fourth-order valence-electron chi connectivity index (χ4n) is 4.56. The maximum atomic E-state index is 8.93. The maximum Gasteiger partial charge on any atom is 0.157 e. The number of aryl methyl sites for hydroxylation is 1. The minimum Gasteiger partial charge on any atom is -0.383 e. The van der Waals surface area contributed by atoms with Crippen molar-refractivity contribution in [2.75, 3.05) is 0 Å². The van der Waals surface area contributed by atoms with E-state index in [0.29, 0.717) is 29.6 Å². The summed E-state index contributed by atoms with van der Waals surface area (Å²) in [6, 6.07) is 39.4. The Kier molecular flexibility index (Phi) is 8.36. The highest BCUT2D eigenvalue weighted by Gasteiger charge is 2.11. The molecule has 0 unspecified atom stereocenters. The van der Waals surface area contributed by atoms with E-state index >= 15 is 0 Å². The van der Waals surface area contributed by atoms with Crippen molar-refractivity contribution in [3.05, 3.63) is 167 Å². The Morgan fingerprint density at radius 3 is 1.93 bits per heavy atom. The third-order valence-corrected chi connectivity index (χ3v) is 6.73. The van der Waals surface area contributed by atoms with E-state index in [0.717, 1.165) is 44.2 Å². The molecule has 0 spiro atoms. The quantitative estimate of drug-likeness (QED) is 0.140. The summed E-state index contributed by atoms with van der Waals surface area (Å²) in [4.78, 5) is 9.70. The molecule has 0 bridgehead atoms. The van der Waals surface area contributed by atoms with Crippen LogP contribution in [0.3, 0.4) is 0 Å². The molecule has 0 heterocycles. The molecule has 0 fully saturated rings. The number of nitrogens with one attached hydrogen (secondary N) is 2. The first-order chi connectivity index (χ1) is 20.0. The predicted molar refractivity (Wildman–Crippen MR) is 172 cm³/mol. The lowest BCUT2D eigenvalue weighted by molar-refractivity contribution is 1.06. The predicted octanol–water partition coefficient (Wildman–Crippen LogP) is 7.49. The molecule has 0 aliphatic heterocycles. The summed E-state index contributed by atoms with van der Waals surface area (Å²) in [5.41, 5.74) is 12.3. The Balaban J connectivity index is 1.54. The Morgan fingerprint density at radius 2 is 1.24 bits per heavy atom. The van der Waals surface area contributed by atoms with E-state index in [1.54, 1.807) is 12.2 Å². The second-order valence-electron chi connectivity index (χ2n) is 9.76. The molecule has 0 aliphatic carbocycles. The zero-order valence-electron chi connectivity index (χ0n) is 22.9. The fraction of sp³-hybridized carbons (Fsp3) is 0.0556. The van der Waals surface area contributed by atoms with E-state index in [9.17, 15) is 0 Å². The van der Waals surface area contributed by atoms with Gasteiger partial charge in [-0.1, -0.05) is 109 Å². The van der Waals surface area contributed by atoms with Gasteiger partial charge in [-0.25, -0.2) is 4.99 Å². The highest BCUT2D eigenvalue weighted by atomic mass is 15.0. The van der Waals surface area contributed by atoms with Gasteiger partial charge in [-0.05, 0) is 59.2 Å². The first-order valence-corrected chi connectivity index (χ1v) is 13.4. The molecule has 4 N–H and O–H groups in total. The van der Waals surface area contributed by atoms with Crippen molar-refractivity contribution in [3.8, 4) is 0 Å². The van der Waals surface area contributed by atoms with E-state index < -0.39 is 0 Å². The molecule has 200 valence electrons. The van der Waals surface area contributed by atoms with Gasteiger partial charge in [0.15, 0.2) is 5.84 Å². The smallest absolute Gasteiger partial charge is 0.157 e.